The van der Waals surface area contributed by atoms with Crippen molar-refractivity contribution in [3.8, 4) is 5.69 Å². The number of aromatic nitrogens is 2. The summed E-state index contributed by atoms with van der Waals surface area (Å²) in [5, 5.41) is 0.834. The Balaban J connectivity index is 2.05. The fourth-order valence-corrected chi connectivity index (χ4v) is 4.60. The molecule has 0 N–H and O–H groups in total. The number of thiophene rings is 1. The second kappa shape index (κ2) is 4.78. The molecule has 0 amide bonds. The SMILES string of the molecule is Cc1nc2sc3c(c2c(=O)n1-c1ccc(Br)cc1)CCC3. The Morgan fingerprint density at radius 3 is 2.76 bits per heavy atom. The molecule has 21 heavy (non-hydrogen) atoms. The predicted octanol–water partition coefficient (Wildman–Crippen LogP) is 4.01. The van der Waals surface area contributed by atoms with Gasteiger partial charge in [-0.25, -0.2) is 4.98 Å². The van der Waals surface area contributed by atoms with Crippen LogP contribution in [0.1, 0.15) is 22.7 Å². The summed E-state index contributed by atoms with van der Waals surface area (Å²) < 4.78 is 2.72. The van der Waals surface area contributed by atoms with Crippen LogP contribution in [-0.4, -0.2) is 9.55 Å². The highest BCUT2D eigenvalue weighted by molar-refractivity contribution is 9.10. The lowest BCUT2D eigenvalue weighted by atomic mass is 10.2. The quantitative estimate of drug-likeness (QED) is 0.657. The summed E-state index contributed by atoms with van der Waals surface area (Å²) >= 11 is 5.12. The average Bonchev–Trinajstić information content (AvgIpc) is 3.00. The van der Waals surface area contributed by atoms with Crippen molar-refractivity contribution in [3.63, 3.8) is 0 Å². The minimum absolute atomic E-state index is 0.0687. The lowest BCUT2D eigenvalue weighted by Crippen LogP contribution is -2.22. The van der Waals surface area contributed by atoms with E-state index in [9.17, 15) is 4.79 Å². The Labute approximate surface area is 134 Å². The van der Waals surface area contributed by atoms with Crippen LogP contribution in [-0.2, 0) is 12.8 Å². The van der Waals surface area contributed by atoms with E-state index in [0.717, 1.165) is 45.5 Å². The van der Waals surface area contributed by atoms with Gasteiger partial charge in [0, 0.05) is 9.35 Å². The largest absolute Gasteiger partial charge is 0.268 e. The summed E-state index contributed by atoms with van der Waals surface area (Å²) in [4.78, 5) is 19.9. The fraction of sp³-hybridized carbons (Fsp3) is 0.250. The molecule has 0 bridgehead atoms. The summed E-state index contributed by atoms with van der Waals surface area (Å²) in [5.41, 5.74) is 2.17. The van der Waals surface area contributed by atoms with Gasteiger partial charge in [0.1, 0.15) is 10.7 Å². The molecule has 0 radical (unpaired) electrons. The molecule has 4 rings (SSSR count). The van der Waals surface area contributed by atoms with E-state index in [1.54, 1.807) is 15.9 Å². The minimum Gasteiger partial charge on any atom is -0.268 e. The molecule has 0 atom stereocenters. The average molecular weight is 361 g/mol. The Kier molecular flexibility index (Phi) is 3.01. The van der Waals surface area contributed by atoms with Crippen molar-refractivity contribution in [3.05, 3.63) is 55.4 Å². The van der Waals surface area contributed by atoms with Crippen LogP contribution in [0.4, 0.5) is 0 Å². The number of nitrogens with zero attached hydrogens (tertiary/aromatic N) is 2. The number of fused-ring (bicyclic) bond motifs is 3. The molecular weight excluding hydrogens is 348 g/mol. The first-order valence-electron chi connectivity index (χ1n) is 6.95. The predicted molar refractivity (Wildman–Crippen MR) is 89.7 cm³/mol. The maximum absolute atomic E-state index is 13.0. The molecule has 1 aliphatic carbocycles. The fourth-order valence-electron chi connectivity index (χ4n) is 3.04. The molecule has 3 nitrogen and oxygen atoms in total. The highest BCUT2D eigenvalue weighted by atomic mass is 79.9. The third-order valence-electron chi connectivity index (χ3n) is 3.99. The number of halogens is 1. The smallest absolute Gasteiger partial charge is 0.267 e. The lowest BCUT2D eigenvalue weighted by molar-refractivity contribution is 0.889. The number of rotatable bonds is 1. The summed E-state index contributed by atoms with van der Waals surface area (Å²) in [7, 11) is 0. The van der Waals surface area contributed by atoms with E-state index in [4.69, 9.17) is 0 Å². The molecule has 1 aliphatic rings. The molecule has 3 aromatic rings. The molecule has 0 saturated carbocycles. The molecule has 0 saturated heterocycles. The van der Waals surface area contributed by atoms with Gasteiger partial charge in [-0.15, -0.1) is 11.3 Å². The van der Waals surface area contributed by atoms with Gasteiger partial charge in [-0.2, -0.15) is 0 Å². The summed E-state index contributed by atoms with van der Waals surface area (Å²) in [6.45, 7) is 1.90. The minimum atomic E-state index is 0.0687. The van der Waals surface area contributed by atoms with Crippen molar-refractivity contribution in [2.45, 2.75) is 26.2 Å². The van der Waals surface area contributed by atoms with Crippen LogP contribution in [0.5, 0.6) is 0 Å². The van der Waals surface area contributed by atoms with Gasteiger partial charge in [-0.3, -0.25) is 9.36 Å². The molecule has 1 aromatic carbocycles. The Bertz CT molecular complexity index is 909. The van der Waals surface area contributed by atoms with E-state index in [-0.39, 0.29) is 5.56 Å². The Morgan fingerprint density at radius 2 is 2.00 bits per heavy atom. The van der Waals surface area contributed by atoms with Gasteiger partial charge in [0.2, 0.25) is 0 Å². The Morgan fingerprint density at radius 1 is 1.24 bits per heavy atom. The van der Waals surface area contributed by atoms with Crippen molar-refractivity contribution < 1.29 is 0 Å². The van der Waals surface area contributed by atoms with E-state index < -0.39 is 0 Å². The third-order valence-corrected chi connectivity index (χ3v) is 5.71. The van der Waals surface area contributed by atoms with Crippen molar-refractivity contribution in [2.75, 3.05) is 0 Å². The van der Waals surface area contributed by atoms with Crippen LogP contribution in [0.2, 0.25) is 0 Å². The van der Waals surface area contributed by atoms with Gasteiger partial charge in [0.05, 0.1) is 11.1 Å². The Hall–Kier alpha value is -1.46. The van der Waals surface area contributed by atoms with E-state index in [0.29, 0.717) is 0 Å². The lowest BCUT2D eigenvalue weighted by Gasteiger charge is -2.10. The van der Waals surface area contributed by atoms with Crippen molar-refractivity contribution in [1.82, 2.24) is 9.55 Å². The van der Waals surface area contributed by atoms with Crippen LogP contribution in [0.15, 0.2) is 33.5 Å². The van der Waals surface area contributed by atoms with E-state index in [2.05, 4.69) is 20.9 Å². The van der Waals surface area contributed by atoms with E-state index >= 15 is 0 Å². The topological polar surface area (TPSA) is 34.9 Å². The number of aryl methyl sites for hydroxylation is 3. The zero-order valence-corrected chi connectivity index (χ0v) is 13.9. The van der Waals surface area contributed by atoms with Gasteiger partial charge in [0.15, 0.2) is 0 Å². The monoisotopic (exact) mass is 360 g/mol. The highest BCUT2D eigenvalue weighted by Crippen LogP contribution is 2.35. The second-order valence-corrected chi connectivity index (χ2v) is 7.31. The van der Waals surface area contributed by atoms with Gasteiger partial charge in [-0.05, 0) is 56.0 Å². The molecule has 106 valence electrons. The van der Waals surface area contributed by atoms with E-state index in [1.807, 2.05) is 31.2 Å². The second-order valence-electron chi connectivity index (χ2n) is 5.31. The van der Waals surface area contributed by atoms with Crippen LogP contribution in [0.25, 0.3) is 15.9 Å². The van der Waals surface area contributed by atoms with Crippen LogP contribution < -0.4 is 5.56 Å². The molecule has 2 heterocycles. The van der Waals surface area contributed by atoms with Crippen LogP contribution in [0, 0.1) is 6.92 Å². The first-order valence-corrected chi connectivity index (χ1v) is 8.56. The molecular formula is C16H13BrN2OS. The normalized spacial score (nSPS) is 13.8. The van der Waals surface area contributed by atoms with Gasteiger partial charge >= 0.3 is 0 Å². The maximum Gasteiger partial charge on any atom is 0.267 e. The highest BCUT2D eigenvalue weighted by Gasteiger charge is 2.22. The van der Waals surface area contributed by atoms with Crippen molar-refractivity contribution in [2.24, 2.45) is 0 Å². The molecule has 0 fully saturated rings. The summed E-state index contributed by atoms with van der Waals surface area (Å²) in [6, 6.07) is 7.78. The molecule has 0 aliphatic heterocycles. The first kappa shape index (κ1) is 13.2. The molecule has 0 spiro atoms. The van der Waals surface area contributed by atoms with Crippen molar-refractivity contribution >= 4 is 37.5 Å². The summed E-state index contributed by atoms with van der Waals surface area (Å²) in [5.74, 6) is 0.745. The number of hydrogen-bond donors (Lipinski definition) is 0. The van der Waals surface area contributed by atoms with Gasteiger partial charge in [0.25, 0.3) is 5.56 Å². The van der Waals surface area contributed by atoms with Crippen LogP contribution >= 0.6 is 27.3 Å². The van der Waals surface area contributed by atoms with Gasteiger partial charge in [-0.1, -0.05) is 15.9 Å². The van der Waals surface area contributed by atoms with Crippen LogP contribution in [0.3, 0.4) is 0 Å². The van der Waals surface area contributed by atoms with Crippen molar-refractivity contribution in [1.29, 1.82) is 0 Å². The zero-order valence-electron chi connectivity index (χ0n) is 11.5. The molecule has 0 unspecified atom stereocenters. The zero-order chi connectivity index (χ0) is 14.6. The maximum atomic E-state index is 13.0. The first-order chi connectivity index (χ1) is 10.1. The number of benzene rings is 1. The standard InChI is InChI=1S/C16H13BrN2OS/c1-9-18-15-14(12-3-2-4-13(12)21-15)16(20)19(9)11-7-5-10(17)6-8-11/h5-8H,2-4H2,1H3. The third kappa shape index (κ3) is 1.99. The molecule has 2 aromatic heterocycles. The van der Waals surface area contributed by atoms with E-state index in [1.165, 1.54) is 10.4 Å². The summed E-state index contributed by atoms with van der Waals surface area (Å²) in [6.07, 6.45) is 3.26. The number of hydrogen-bond acceptors (Lipinski definition) is 3. The molecule has 5 heteroatoms. The van der Waals surface area contributed by atoms with Gasteiger partial charge < -0.3 is 0 Å².